The second-order valence-electron chi connectivity index (χ2n) is 15.6. The van der Waals surface area contributed by atoms with E-state index in [4.69, 9.17) is 23.1 Å². The standard InChI is InChI=1S/C30H53BrO14S2/c1-25(2,32)20-11-15-28(6,42-20)23(44-47(37,38)39)13-17-30(33,18-40-46(34,35)36)24-9-8-21-27(5,43-24)16-12-22(41-21)29(7)14-10-19(31)26(3,4)45-29/h19-24,32-33H,8-18H2,1-7H3,(H,34,35,36)(H,37,38,39)/t19-,20-,21-,22-,23+,24-,27+,28-,29+,30?/m1/s1. The van der Waals surface area contributed by atoms with E-state index in [1.807, 2.05) is 6.92 Å². The highest BCUT2D eigenvalue weighted by Gasteiger charge is 2.57. The molecule has 4 fully saturated rings. The molecule has 4 heterocycles. The zero-order chi connectivity index (χ0) is 35.5. The first-order chi connectivity index (χ1) is 21.2. The van der Waals surface area contributed by atoms with Gasteiger partial charge < -0.3 is 29.2 Å². The van der Waals surface area contributed by atoms with Crippen molar-refractivity contribution in [1.29, 1.82) is 0 Å². The smallest absolute Gasteiger partial charge is 0.388 e. The molecule has 14 nitrogen and oxygen atoms in total. The number of halogens is 1. The van der Waals surface area contributed by atoms with Crippen LogP contribution in [0.4, 0.5) is 0 Å². The van der Waals surface area contributed by atoms with E-state index in [0.717, 1.165) is 12.8 Å². The molecule has 4 N–H and O–H groups in total. The van der Waals surface area contributed by atoms with Gasteiger partial charge in [0.1, 0.15) is 11.7 Å². The van der Waals surface area contributed by atoms with Crippen LogP contribution < -0.4 is 0 Å². The highest BCUT2D eigenvalue weighted by molar-refractivity contribution is 9.09. The van der Waals surface area contributed by atoms with Gasteiger partial charge in [0.25, 0.3) is 0 Å². The molecule has 10 atom stereocenters. The highest BCUT2D eigenvalue weighted by Crippen LogP contribution is 2.49. The van der Waals surface area contributed by atoms with Crippen molar-refractivity contribution in [3.8, 4) is 0 Å². The number of hydrogen-bond acceptors (Lipinski definition) is 12. The van der Waals surface area contributed by atoms with Crippen molar-refractivity contribution in [1.82, 2.24) is 0 Å². The molecule has 4 saturated heterocycles. The molecular weight excluding hydrogens is 728 g/mol. The van der Waals surface area contributed by atoms with Crippen LogP contribution in [0.5, 0.6) is 0 Å². The largest absolute Gasteiger partial charge is 0.397 e. The number of ether oxygens (including phenoxy) is 4. The van der Waals surface area contributed by atoms with Crippen LogP contribution in [-0.4, -0.2) is 112 Å². The van der Waals surface area contributed by atoms with Crippen LogP contribution in [0.15, 0.2) is 0 Å². The monoisotopic (exact) mass is 780 g/mol. The molecule has 0 radical (unpaired) electrons. The van der Waals surface area contributed by atoms with Gasteiger partial charge in [0.15, 0.2) is 0 Å². The Morgan fingerprint density at radius 3 is 2.00 bits per heavy atom. The molecule has 0 bridgehead atoms. The van der Waals surface area contributed by atoms with Gasteiger partial charge in [-0.25, -0.2) is 8.37 Å². The summed E-state index contributed by atoms with van der Waals surface area (Å²) in [5.74, 6) is 0. The number of alkyl halides is 1. The summed E-state index contributed by atoms with van der Waals surface area (Å²) in [6, 6.07) is 0. The first kappa shape index (κ1) is 39.8. The maximum Gasteiger partial charge on any atom is 0.397 e. The zero-order valence-electron chi connectivity index (χ0n) is 28.3. The lowest BCUT2D eigenvalue weighted by Gasteiger charge is -2.56. The van der Waals surface area contributed by atoms with Crippen LogP contribution in [0.25, 0.3) is 0 Å². The Labute approximate surface area is 287 Å². The topological polar surface area (TPSA) is 205 Å². The normalized spacial score (nSPS) is 40.4. The Morgan fingerprint density at radius 1 is 0.830 bits per heavy atom. The van der Waals surface area contributed by atoms with Gasteiger partial charge in [0.2, 0.25) is 0 Å². The molecule has 4 aliphatic heterocycles. The average molecular weight is 782 g/mol. The van der Waals surface area contributed by atoms with Crippen molar-refractivity contribution in [2.75, 3.05) is 6.61 Å². The molecule has 0 spiro atoms. The van der Waals surface area contributed by atoms with Crippen molar-refractivity contribution < 1.29 is 63.5 Å². The molecule has 17 heteroatoms. The maximum absolute atomic E-state index is 12.0. The second-order valence-corrected chi connectivity index (χ2v) is 18.9. The van der Waals surface area contributed by atoms with Gasteiger partial charge in [-0.15, -0.1) is 0 Å². The summed E-state index contributed by atoms with van der Waals surface area (Å²) in [5.41, 5.74) is -6.38. The Bertz CT molecular complexity index is 1340. The summed E-state index contributed by atoms with van der Waals surface area (Å²) in [5, 5.41) is 22.5. The lowest BCUT2D eigenvalue weighted by Crippen LogP contribution is -2.64. The van der Waals surface area contributed by atoms with Crippen LogP contribution in [0.1, 0.15) is 113 Å². The Morgan fingerprint density at radius 2 is 1.45 bits per heavy atom. The van der Waals surface area contributed by atoms with E-state index in [1.165, 1.54) is 0 Å². The van der Waals surface area contributed by atoms with Crippen LogP contribution in [0, 0.1) is 0 Å². The minimum atomic E-state index is -4.99. The van der Waals surface area contributed by atoms with Crippen molar-refractivity contribution in [2.45, 2.75) is 182 Å². The van der Waals surface area contributed by atoms with Gasteiger partial charge in [-0.2, -0.15) is 16.8 Å². The Hall–Kier alpha value is -0.0200. The van der Waals surface area contributed by atoms with Crippen LogP contribution in [0.3, 0.4) is 0 Å². The van der Waals surface area contributed by atoms with E-state index in [-0.39, 0.29) is 48.3 Å². The summed E-state index contributed by atoms with van der Waals surface area (Å²) in [7, 11) is -9.96. The Kier molecular flexibility index (Phi) is 11.4. The summed E-state index contributed by atoms with van der Waals surface area (Å²) in [4.78, 5) is 0.214. The van der Waals surface area contributed by atoms with E-state index in [0.29, 0.717) is 25.7 Å². The fraction of sp³-hybridized carbons (Fsp3) is 1.00. The lowest BCUT2D eigenvalue weighted by molar-refractivity contribution is -0.304. The van der Waals surface area contributed by atoms with E-state index in [2.05, 4.69) is 40.9 Å². The van der Waals surface area contributed by atoms with Gasteiger partial charge in [-0.3, -0.25) is 9.11 Å². The van der Waals surface area contributed by atoms with E-state index in [9.17, 15) is 36.2 Å². The number of rotatable bonds is 12. The molecule has 0 aromatic rings. The minimum absolute atomic E-state index is 0.194. The summed E-state index contributed by atoms with van der Waals surface area (Å²) < 4.78 is 102. The molecule has 0 saturated carbocycles. The second kappa shape index (κ2) is 13.5. The van der Waals surface area contributed by atoms with Gasteiger partial charge >= 0.3 is 20.8 Å². The first-order valence-electron chi connectivity index (χ1n) is 16.3. The maximum atomic E-state index is 12.0. The van der Waals surface area contributed by atoms with Gasteiger partial charge in [0.05, 0.1) is 59.0 Å². The predicted octanol–water partition coefficient (Wildman–Crippen LogP) is 3.81. The third kappa shape index (κ3) is 9.46. The summed E-state index contributed by atoms with van der Waals surface area (Å²) >= 11 is 3.73. The summed E-state index contributed by atoms with van der Waals surface area (Å²) in [6.07, 6.45) is 0.0800. The van der Waals surface area contributed by atoms with Crippen molar-refractivity contribution in [2.24, 2.45) is 0 Å². The van der Waals surface area contributed by atoms with E-state index in [1.54, 1.807) is 20.8 Å². The fourth-order valence-corrected chi connectivity index (χ4v) is 9.06. The van der Waals surface area contributed by atoms with Crippen molar-refractivity contribution >= 4 is 36.7 Å². The first-order valence-corrected chi connectivity index (χ1v) is 19.9. The molecule has 0 aromatic heterocycles. The molecular formula is C30H53BrO14S2. The number of hydrogen-bond donors (Lipinski definition) is 4. The molecule has 0 aromatic carbocycles. The van der Waals surface area contributed by atoms with Crippen molar-refractivity contribution in [3.05, 3.63) is 0 Å². The van der Waals surface area contributed by atoms with Crippen LogP contribution in [0.2, 0.25) is 0 Å². The minimum Gasteiger partial charge on any atom is -0.388 e. The van der Waals surface area contributed by atoms with Gasteiger partial charge in [-0.05, 0) is 113 Å². The van der Waals surface area contributed by atoms with E-state index >= 15 is 0 Å². The van der Waals surface area contributed by atoms with Crippen LogP contribution >= 0.6 is 15.9 Å². The lowest BCUT2D eigenvalue weighted by atomic mass is 9.75. The third-order valence-corrected chi connectivity index (χ3v) is 13.2. The zero-order valence-corrected chi connectivity index (χ0v) is 31.5. The van der Waals surface area contributed by atoms with Crippen molar-refractivity contribution in [3.63, 3.8) is 0 Å². The molecule has 276 valence electrons. The molecule has 0 amide bonds. The van der Waals surface area contributed by atoms with E-state index < -0.39 is 73.7 Å². The summed E-state index contributed by atoms with van der Waals surface area (Å²) in [6.45, 7) is 11.9. The predicted molar refractivity (Wildman–Crippen MR) is 173 cm³/mol. The molecule has 47 heavy (non-hydrogen) atoms. The van der Waals surface area contributed by atoms with Crippen LogP contribution in [-0.2, 0) is 48.1 Å². The molecule has 0 aliphatic carbocycles. The van der Waals surface area contributed by atoms with Gasteiger partial charge in [0, 0.05) is 4.83 Å². The molecule has 1 unspecified atom stereocenters. The quantitative estimate of drug-likeness (QED) is 0.164. The fourth-order valence-electron chi connectivity index (χ4n) is 7.80. The third-order valence-electron chi connectivity index (χ3n) is 10.8. The SMILES string of the molecule is CC(C)(O)[C@H]1CC[C@](C)([C@H](CCC(O)(COS(=O)(=O)O)[C@H]2CC[C@H]3O[C@@H]([C@]4(C)CC[C@@H](Br)C(C)(C)O4)CC[C@]3(C)O2)OS(=O)(=O)O)O1. The number of fused-ring (bicyclic) bond motifs is 1. The van der Waals surface area contributed by atoms with Gasteiger partial charge in [-0.1, -0.05) is 15.9 Å². The Balaban J connectivity index is 1.52. The highest BCUT2D eigenvalue weighted by atomic mass is 79.9. The average Bonchev–Trinajstić information content (AvgIpc) is 3.34. The molecule has 4 rings (SSSR count). The number of aliphatic hydroxyl groups is 2. The molecule has 4 aliphatic rings.